The number of unbranched alkanes of at least 4 members (excludes halogenated alkanes) is 1. The van der Waals surface area contributed by atoms with Crippen molar-refractivity contribution < 1.29 is 4.39 Å². The molecular weight excluding hydrogens is 359 g/mol. The summed E-state index contributed by atoms with van der Waals surface area (Å²) in [5, 5.41) is 1.58. The maximum atomic E-state index is 14.0. The van der Waals surface area contributed by atoms with E-state index in [1.807, 2.05) is 18.2 Å². The van der Waals surface area contributed by atoms with Gasteiger partial charge in [-0.25, -0.2) is 9.37 Å². The van der Waals surface area contributed by atoms with Gasteiger partial charge in [-0.05, 0) is 30.7 Å². The summed E-state index contributed by atoms with van der Waals surface area (Å²) < 4.78 is 15.7. The van der Waals surface area contributed by atoms with Gasteiger partial charge in [0, 0.05) is 22.9 Å². The molecule has 0 atom stereocenters. The van der Waals surface area contributed by atoms with Crippen molar-refractivity contribution in [2.75, 3.05) is 0 Å². The summed E-state index contributed by atoms with van der Waals surface area (Å²) in [6.45, 7) is 2.67. The number of hydrogen-bond donors (Lipinski definition) is 0. The molecule has 0 aliphatic rings. The van der Waals surface area contributed by atoms with E-state index in [0.717, 1.165) is 12.8 Å². The van der Waals surface area contributed by atoms with Gasteiger partial charge in [0.2, 0.25) is 0 Å². The Balaban J connectivity index is 2.00. The Hall–Kier alpha value is -1.85. The summed E-state index contributed by atoms with van der Waals surface area (Å²) >= 11 is 7.44. The summed E-state index contributed by atoms with van der Waals surface area (Å²) in [7, 11) is 0. The first-order valence-corrected chi connectivity index (χ1v) is 9.53. The van der Waals surface area contributed by atoms with Crippen molar-refractivity contribution in [1.29, 1.82) is 0 Å². The summed E-state index contributed by atoms with van der Waals surface area (Å²) in [4.78, 5) is 17.4. The Kier molecular flexibility index (Phi) is 5.76. The van der Waals surface area contributed by atoms with Gasteiger partial charge in [-0.1, -0.05) is 54.9 Å². The number of halogens is 2. The first kappa shape index (κ1) is 18.0. The van der Waals surface area contributed by atoms with Gasteiger partial charge in [-0.15, -0.1) is 0 Å². The standard InChI is InChI=1S/C19H18ClFN2OS/c1-2-3-11-23-18(24)13-7-4-5-10-17(13)22-19(23)25-12-14-15(20)8-6-9-16(14)21/h4-10H,2-3,11-12H2,1H3. The fourth-order valence-corrected chi connectivity index (χ4v) is 3.95. The Bertz CT molecular complexity index is 938. The van der Waals surface area contributed by atoms with E-state index in [4.69, 9.17) is 11.6 Å². The normalized spacial score (nSPS) is 11.2. The highest BCUT2D eigenvalue weighted by atomic mass is 35.5. The Labute approximate surface area is 154 Å². The average molecular weight is 377 g/mol. The molecule has 25 heavy (non-hydrogen) atoms. The zero-order valence-corrected chi connectivity index (χ0v) is 15.4. The second-order valence-electron chi connectivity index (χ2n) is 5.71. The van der Waals surface area contributed by atoms with E-state index in [-0.39, 0.29) is 11.4 Å². The molecule has 6 heteroatoms. The second-order valence-corrected chi connectivity index (χ2v) is 7.06. The topological polar surface area (TPSA) is 34.9 Å². The van der Waals surface area contributed by atoms with E-state index in [1.54, 1.807) is 22.8 Å². The summed E-state index contributed by atoms with van der Waals surface area (Å²) in [5.74, 6) is -0.0224. The first-order valence-electron chi connectivity index (χ1n) is 8.17. The lowest BCUT2D eigenvalue weighted by molar-refractivity contribution is 0.557. The molecule has 0 N–H and O–H groups in total. The van der Waals surface area contributed by atoms with Crippen LogP contribution in [0.4, 0.5) is 4.39 Å². The smallest absolute Gasteiger partial charge is 0.262 e. The Morgan fingerprint density at radius 3 is 2.76 bits per heavy atom. The average Bonchev–Trinajstić information content (AvgIpc) is 2.61. The maximum absolute atomic E-state index is 14.0. The highest BCUT2D eigenvalue weighted by Crippen LogP contribution is 2.28. The lowest BCUT2D eigenvalue weighted by Crippen LogP contribution is -2.23. The molecule has 0 aliphatic heterocycles. The van der Waals surface area contributed by atoms with E-state index in [9.17, 15) is 9.18 Å². The Morgan fingerprint density at radius 1 is 1.20 bits per heavy atom. The van der Waals surface area contributed by atoms with Crippen LogP contribution < -0.4 is 5.56 Å². The van der Waals surface area contributed by atoms with Crippen molar-refractivity contribution in [2.45, 2.75) is 37.2 Å². The highest BCUT2D eigenvalue weighted by molar-refractivity contribution is 7.98. The first-order chi connectivity index (χ1) is 12.1. The summed E-state index contributed by atoms with van der Waals surface area (Å²) in [5.41, 5.74) is 1.03. The molecule has 0 amide bonds. The number of hydrogen-bond acceptors (Lipinski definition) is 3. The number of thioether (sulfide) groups is 1. The number of nitrogens with zero attached hydrogens (tertiary/aromatic N) is 2. The second kappa shape index (κ2) is 8.02. The van der Waals surface area contributed by atoms with Gasteiger partial charge in [-0.3, -0.25) is 9.36 Å². The molecule has 0 fully saturated rings. The summed E-state index contributed by atoms with van der Waals surface area (Å²) in [6, 6.07) is 11.9. The molecule has 1 heterocycles. The van der Waals surface area contributed by atoms with Crippen molar-refractivity contribution in [3.8, 4) is 0 Å². The molecule has 3 rings (SSSR count). The minimum atomic E-state index is -0.344. The fourth-order valence-electron chi connectivity index (χ4n) is 2.58. The van der Waals surface area contributed by atoms with E-state index >= 15 is 0 Å². The Morgan fingerprint density at radius 2 is 2.00 bits per heavy atom. The molecule has 0 unspecified atom stereocenters. The molecule has 3 nitrogen and oxygen atoms in total. The minimum absolute atomic E-state index is 0.0545. The molecule has 0 spiro atoms. The van der Waals surface area contributed by atoms with E-state index in [2.05, 4.69) is 11.9 Å². The molecule has 0 aliphatic carbocycles. The van der Waals surface area contributed by atoms with Crippen LogP contribution in [-0.4, -0.2) is 9.55 Å². The molecule has 130 valence electrons. The maximum Gasteiger partial charge on any atom is 0.262 e. The zero-order chi connectivity index (χ0) is 17.8. The van der Waals surface area contributed by atoms with Crippen molar-refractivity contribution in [3.63, 3.8) is 0 Å². The van der Waals surface area contributed by atoms with E-state index in [0.29, 0.717) is 38.9 Å². The van der Waals surface area contributed by atoms with Crippen LogP contribution in [0.15, 0.2) is 52.4 Å². The van der Waals surface area contributed by atoms with Gasteiger partial charge in [0.05, 0.1) is 10.9 Å². The van der Waals surface area contributed by atoms with Crippen molar-refractivity contribution in [2.24, 2.45) is 0 Å². The van der Waals surface area contributed by atoms with Crippen LogP contribution in [-0.2, 0) is 12.3 Å². The number of fused-ring (bicyclic) bond motifs is 1. The third kappa shape index (κ3) is 3.88. The molecule has 2 aromatic carbocycles. The minimum Gasteiger partial charge on any atom is -0.287 e. The van der Waals surface area contributed by atoms with Gasteiger partial charge in [0.15, 0.2) is 5.16 Å². The number of rotatable bonds is 6. The highest BCUT2D eigenvalue weighted by Gasteiger charge is 2.13. The van der Waals surface area contributed by atoms with Crippen molar-refractivity contribution in [1.82, 2.24) is 9.55 Å². The van der Waals surface area contributed by atoms with Crippen LogP contribution in [0.1, 0.15) is 25.3 Å². The monoisotopic (exact) mass is 376 g/mol. The molecule has 0 bridgehead atoms. The molecular formula is C19H18ClFN2OS. The van der Waals surface area contributed by atoms with Crippen LogP contribution in [0.5, 0.6) is 0 Å². The molecule has 1 aromatic heterocycles. The summed E-state index contributed by atoms with van der Waals surface area (Å²) in [6.07, 6.45) is 1.86. The number of para-hydroxylation sites is 1. The predicted molar refractivity (Wildman–Crippen MR) is 102 cm³/mol. The molecule has 0 saturated carbocycles. The van der Waals surface area contributed by atoms with E-state index in [1.165, 1.54) is 17.8 Å². The number of benzene rings is 2. The lowest BCUT2D eigenvalue weighted by Gasteiger charge is -2.13. The predicted octanol–water partition coefficient (Wildman–Crippen LogP) is 5.28. The van der Waals surface area contributed by atoms with Crippen LogP contribution in [0.2, 0.25) is 5.02 Å². The molecule has 0 radical (unpaired) electrons. The molecule has 0 saturated heterocycles. The van der Waals surface area contributed by atoms with Gasteiger partial charge in [0.1, 0.15) is 5.82 Å². The lowest BCUT2D eigenvalue weighted by atomic mass is 10.2. The van der Waals surface area contributed by atoms with Crippen molar-refractivity contribution >= 4 is 34.3 Å². The van der Waals surface area contributed by atoms with Crippen LogP contribution >= 0.6 is 23.4 Å². The zero-order valence-electron chi connectivity index (χ0n) is 13.8. The largest absolute Gasteiger partial charge is 0.287 e. The quantitative estimate of drug-likeness (QED) is 0.433. The van der Waals surface area contributed by atoms with Gasteiger partial charge < -0.3 is 0 Å². The number of aromatic nitrogens is 2. The van der Waals surface area contributed by atoms with Gasteiger partial charge in [-0.2, -0.15) is 0 Å². The van der Waals surface area contributed by atoms with Crippen LogP contribution in [0.25, 0.3) is 10.9 Å². The SMILES string of the molecule is CCCCn1c(SCc2c(F)cccc2Cl)nc2ccccc2c1=O. The van der Waals surface area contributed by atoms with Crippen LogP contribution in [0, 0.1) is 5.82 Å². The van der Waals surface area contributed by atoms with Crippen LogP contribution in [0.3, 0.4) is 0 Å². The van der Waals surface area contributed by atoms with Crippen molar-refractivity contribution in [3.05, 3.63) is 69.2 Å². The van der Waals surface area contributed by atoms with Gasteiger partial charge >= 0.3 is 0 Å². The molecule has 3 aromatic rings. The third-order valence-electron chi connectivity index (χ3n) is 3.97. The van der Waals surface area contributed by atoms with Gasteiger partial charge in [0.25, 0.3) is 5.56 Å². The fraction of sp³-hybridized carbons (Fsp3) is 0.263. The van der Waals surface area contributed by atoms with E-state index < -0.39 is 0 Å². The third-order valence-corrected chi connectivity index (χ3v) is 5.33.